The summed E-state index contributed by atoms with van der Waals surface area (Å²) in [4.78, 5) is 25.7. The Hall–Kier alpha value is -2.04. The van der Waals surface area contributed by atoms with Gasteiger partial charge in [-0.25, -0.2) is 4.90 Å². The summed E-state index contributed by atoms with van der Waals surface area (Å²) in [6.07, 6.45) is 0. The lowest BCUT2D eigenvalue weighted by Crippen LogP contribution is -2.37. The maximum absolute atomic E-state index is 12.3. The van der Waals surface area contributed by atoms with E-state index in [-0.39, 0.29) is 11.8 Å². The number of imide groups is 1. The smallest absolute Gasteiger partial charge is 0.264 e. The summed E-state index contributed by atoms with van der Waals surface area (Å²) in [5, 5.41) is 7.78. The molecule has 0 bridgehead atoms. The summed E-state index contributed by atoms with van der Waals surface area (Å²) < 4.78 is 0. The van der Waals surface area contributed by atoms with Crippen LogP contribution in [-0.2, 0) is 9.59 Å². The third-order valence-electron chi connectivity index (χ3n) is 3.39. The summed E-state index contributed by atoms with van der Waals surface area (Å²) in [6.45, 7) is 1.99. The van der Waals surface area contributed by atoms with E-state index >= 15 is 0 Å². The van der Waals surface area contributed by atoms with Gasteiger partial charge in [-0.15, -0.1) is 0 Å². The normalized spacial score (nSPS) is 31.1. The predicted molar refractivity (Wildman–Crippen MR) is 60.6 cm³/mol. The van der Waals surface area contributed by atoms with Crippen molar-refractivity contribution in [3.63, 3.8) is 0 Å². The number of azo groups is 1. The van der Waals surface area contributed by atoms with Crippen LogP contribution >= 0.6 is 0 Å². The van der Waals surface area contributed by atoms with Crippen LogP contribution in [0.1, 0.15) is 6.92 Å². The molecule has 5 heteroatoms. The lowest BCUT2D eigenvalue weighted by molar-refractivity contribution is -0.122. The first-order chi connectivity index (χ1) is 8.14. The minimum atomic E-state index is -0.993. The summed E-state index contributed by atoms with van der Waals surface area (Å²) >= 11 is 0. The van der Waals surface area contributed by atoms with E-state index in [4.69, 9.17) is 0 Å². The largest absolute Gasteiger partial charge is 0.274 e. The van der Waals surface area contributed by atoms with Crippen LogP contribution < -0.4 is 4.90 Å². The van der Waals surface area contributed by atoms with E-state index in [1.165, 1.54) is 4.90 Å². The van der Waals surface area contributed by atoms with Gasteiger partial charge in [0.1, 0.15) is 0 Å². The molecule has 2 heterocycles. The number of para-hydroxylation sites is 1. The van der Waals surface area contributed by atoms with Gasteiger partial charge >= 0.3 is 0 Å². The van der Waals surface area contributed by atoms with E-state index in [1.807, 2.05) is 6.07 Å². The molecular weight excluding hydrogens is 218 g/mol. The molecule has 3 rings (SSSR count). The van der Waals surface area contributed by atoms with Crippen LogP contribution in [-0.4, -0.2) is 23.9 Å². The molecule has 0 aliphatic carbocycles. The molecule has 0 radical (unpaired) electrons. The van der Waals surface area contributed by atoms with Crippen LogP contribution in [0.5, 0.6) is 0 Å². The van der Waals surface area contributed by atoms with Crippen molar-refractivity contribution in [3.05, 3.63) is 30.3 Å². The molecule has 1 fully saturated rings. The molecule has 1 aromatic rings. The molecule has 1 aromatic carbocycles. The highest BCUT2D eigenvalue weighted by molar-refractivity contribution is 6.25. The maximum Gasteiger partial charge on any atom is 0.264 e. The Kier molecular flexibility index (Phi) is 1.92. The Morgan fingerprint density at radius 3 is 2.65 bits per heavy atom. The quantitative estimate of drug-likeness (QED) is 0.683. The van der Waals surface area contributed by atoms with E-state index in [2.05, 4.69) is 10.2 Å². The number of fused-ring (bicyclic) bond motifs is 1. The van der Waals surface area contributed by atoms with E-state index in [0.29, 0.717) is 12.2 Å². The summed E-state index contributed by atoms with van der Waals surface area (Å²) in [7, 11) is 0. The lowest BCUT2D eigenvalue weighted by Gasteiger charge is -2.16. The van der Waals surface area contributed by atoms with Crippen molar-refractivity contribution >= 4 is 17.5 Å². The van der Waals surface area contributed by atoms with Gasteiger partial charge in [-0.3, -0.25) is 9.59 Å². The molecule has 2 atom stereocenters. The number of carbonyl (C=O) groups excluding carboxylic acids is 2. The molecule has 0 N–H and O–H groups in total. The van der Waals surface area contributed by atoms with Crippen molar-refractivity contribution in [2.45, 2.75) is 12.5 Å². The summed E-state index contributed by atoms with van der Waals surface area (Å²) in [6, 6.07) is 8.94. The third-order valence-corrected chi connectivity index (χ3v) is 3.39. The van der Waals surface area contributed by atoms with Gasteiger partial charge in [0, 0.05) is 0 Å². The van der Waals surface area contributed by atoms with Crippen molar-refractivity contribution in [1.82, 2.24) is 0 Å². The zero-order valence-electron chi connectivity index (χ0n) is 9.33. The van der Waals surface area contributed by atoms with Gasteiger partial charge in [-0.2, -0.15) is 10.2 Å². The second-order valence-electron chi connectivity index (χ2n) is 4.44. The average molecular weight is 229 g/mol. The summed E-state index contributed by atoms with van der Waals surface area (Å²) in [5.41, 5.74) is -0.388. The van der Waals surface area contributed by atoms with Gasteiger partial charge in [-0.1, -0.05) is 18.2 Å². The van der Waals surface area contributed by atoms with E-state index < -0.39 is 11.5 Å². The molecule has 0 aromatic heterocycles. The Morgan fingerprint density at radius 2 is 2.00 bits per heavy atom. The fourth-order valence-corrected chi connectivity index (χ4v) is 2.33. The van der Waals surface area contributed by atoms with Gasteiger partial charge < -0.3 is 0 Å². The molecule has 86 valence electrons. The Morgan fingerprint density at radius 1 is 1.29 bits per heavy atom. The highest BCUT2D eigenvalue weighted by Gasteiger charge is 2.59. The number of benzene rings is 1. The molecule has 5 nitrogen and oxygen atoms in total. The molecule has 0 saturated carbocycles. The van der Waals surface area contributed by atoms with Crippen molar-refractivity contribution in [3.8, 4) is 0 Å². The number of hydrogen-bond acceptors (Lipinski definition) is 4. The van der Waals surface area contributed by atoms with Crippen LogP contribution in [0.25, 0.3) is 0 Å². The van der Waals surface area contributed by atoms with Crippen molar-refractivity contribution in [2.24, 2.45) is 16.1 Å². The Bertz CT molecular complexity index is 526. The molecule has 2 aliphatic heterocycles. The first kappa shape index (κ1) is 10.1. The monoisotopic (exact) mass is 229 g/mol. The number of anilines is 1. The number of rotatable bonds is 1. The molecule has 2 aliphatic rings. The fourth-order valence-electron chi connectivity index (χ4n) is 2.33. The predicted octanol–water partition coefficient (Wildman–Crippen LogP) is 1.40. The average Bonchev–Trinajstić information content (AvgIpc) is 2.80. The molecule has 1 saturated heterocycles. The number of amides is 2. The van der Waals surface area contributed by atoms with Gasteiger partial charge in [-0.05, 0) is 19.1 Å². The van der Waals surface area contributed by atoms with E-state index in [9.17, 15) is 9.59 Å². The first-order valence-electron chi connectivity index (χ1n) is 5.47. The Balaban J connectivity index is 2.07. The first-order valence-corrected chi connectivity index (χ1v) is 5.47. The molecule has 17 heavy (non-hydrogen) atoms. The fraction of sp³-hybridized carbons (Fsp3) is 0.333. The second kappa shape index (κ2) is 3.23. The molecular formula is C12H11N3O2. The zero-order valence-corrected chi connectivity index (χ0v) is 9.33. The van der Waals surface area contributed by atoms with Gasteiger partial charge in [0.15, 0.2) is 5.54 Å². The number of hydrogen-bond donors (Lipinski definition) is 0. The second-order valence-corrected chi connectivity index (χ2v) is 4.44. The maximum atomic E-state index is 12.3. The minimum absolute atomic E-state index is 0.200. The molecule has 0 unspecified atom stereocenters. The SMILES string of the molecule is C[C@@]12N=NC[C@@H]1C(=O)N(c1ccccc1)C2=O. The standard InChI is InChI=1S/C12H11N3O2/c1-12-9(7-13-14-12)10(16)15(11(12)17)8-5-3-2-4-6-8/h2-6,9H,7H2,1H3/t9-,12-/m1/s1. The topological polar surface area (TPSA) is 62.1 Å². The highest BCUT2D eigenvalue weighted by atomic mass is 16.2. The van der Waals surface area contributed by atoms with Gasteiger partial charge in [0.05, 0.1) is 18.2 Å². The lowest BCUT2D eigenvalue weighted by atomic mass is 9.90. The third kappa shape index (κ3) is 1.19. The number of nitrogens with zero attached hydrogens (tertiary/aromatic N) is 3. The van der Waals surface area contributed by atoms with E-state index in [0.717, 1.165) is 0 Å². The highest BCUT2D eigenvalue weighted by Crippen LogP contribution is 2.40. The molecule has 0 spiro atoms. The van der Waals surface area contributed by atoms with Crippen molar-refractivity contribution in [2.75, 3.05) is 11.4 Å². The van der Waals surface area contributed by atoms with Gasteiger partial charge in [0.2, 0.25) is 5.91 Å². The van der Waals surface area contributed by atoms with Crippen LogP contribution in [0.3, 0.4) is 0 Å². The summed E-state index contributed by atoms with van der Waals surface area (Å²) in [5.74, 6) is -0.913. The van der Waals surface area contributed by atoms with Crippen LogP contribution in [0.15, 0.2) is 40.6 Å². The molecule has 2 amide bonds. The zero-order chi connectivity index (χ0) is 12.0. The van der Waals surface area contributed by atoms with Gasteiger partial charge in [0.25, 0.3) is 5.91 Å². The van der Waals surface area contributed by atoms with Crippen molar-refractivity contribution in [1.29, 1.82) is 0 Å². The van der Waals surface area contributed by atoms with Crippen LogP contribution in [0.4, 0.5) is 5.69 Å². The van der Waals surface area contributed by atoms with E-state index in [1.54, 1.807) is 31.2 Å². The minimum Gasteiger partial charge on any atom is -0.274 e. The Labute approximate surface area is 98.1 Å². The van der Waals surface area contributed by atoms with Crippen molar-refractivity contribution < 1.29 is 9.59 Å². The van der Waals surface area contributed by atoms with Crippen LogP contribution in [0, 0.1) is 5.92 Å². The number of carbonyl (C=O) groups is 2. The van der Waals surface area contributed by atoms with Crippen LogP contribution in [0.2, 0.25) is 0 Å².